The highest BCUT2D eigenvalue weighted by Crippen LogP contribution is 2.14. The molecule has 1 aromatic rings. The van der Waals surface area contributed by atoms with Gasteiger partial charge in [-0.25, -0.2) is 0 Å². The van der Waals surface area contributed by atoms with E-state index in [1.165, 1.54) is 7.11 Å². The first kappa shape index (κ1) is 12.5. The average molecular weight is 223 g/mol. The SMILES string of the molecule is CCOc1cccc(C[C@H](N)C(=O)OC)c1. The van der Waals surface area contributed by atoms with Crippen LogP contribution >= 0.6 is 0 Å². The number of benzene rings is 1. The van der Waals surface area contributed by atoms with E-state index in [9.17, 15) is 4.79 Å². The van der Waals surface area contributed by atoms with Crippen molar-refractivity contribution in [3.05, 3.63) is 29.8 Å². The summed E-state index contributed by atoms with van der Waals surface area (Å²) in [6, 6.07) is 6.92. The molecule has 16 heavy (non-hydrogen) atoms. The van der Waals surface area contributed by atoms with E-state index in [2.05, 4.69) is 4.74 Å². The van der Waals surface area contributed by atoms with E-state index in [4.69, 9.17) is 10.5 Å². The zero-order valence-electron chi connectivity index (χ0n) is 9.60. The third kappa shape index (κ3) is 3.55. The molecule has 88 valence electrons. The molecule has 0 radical (unpaired) electrons. The van der Waals surface area contributed by atoms with Crippen LogP contribution in [0.3, 0.4) is 0 Å². The van der Waals surface area contributed by atoms with Crippen LogP contribution in [0.1, 0.15) is 12.5 Å². The molecule has 0 heterocycles. The van der Waals surface area contributed by atoms with Gasteiger partial charge in [-0.3, -0.25) is 4.79 Å². The molecule has 2 N–H and O–H groups in total. The van der Waals surface area contributed by atoms with E-state index in [0.29, 0.717) is 13.0 Å². The summed E-state index contributed by atoms with van der Waals surface area (Å²) in [6.45, 7) is 2.54. The summed E-state index contributed by atoms with van der Waals surface area (Å²) < 4.78 is 9.92. The summed E-state index contributed by atoms with van der Waals surface area (Å²) in [7, 11) is 1.33. The van der Waals surface area contributed by atoms with Gasteiger partial charge in [0.05, 0.1) is 13.7 Å². The summed E-state index contributed by atoms with van der Waals surface area (Å²) in [5.74, 6) is 0.388. The van der Waals surface area contributed by atoms with Gasteiger partial charge in [0, 0.05) is 0 Å². The van der Waals surface area contributed by atoms with Gasteiger partial charge in [-0.2, -0.15) is 0 Å². The van der Waals surface area contributed by atoms with Crippen LogP contribution in [-0.2, 0) is 16.0 Å². The molecule has 0 aliphatic carbocycles. The topological polar surface area (TPSA) is 61.5 Å². The number of esters is 1. The Morgan fingerprint density at radius 3 is 2.88 bits per heavy atom. The number of ether oxygens (including phenoxy) is 2. The molecule has 0 amide bonds. The van der Waals surface area contributed by atoms with Crippen molar-refractivity contribution in [3.8, 4) is 5.75 Å². The largest absolute Gasteiger partial charge is 0.494 e. The van der Waals surface area contributed by atoms with Crippen molar-refractivity contribution in [2.75, 3.05) is 13.7 Å². The van der Waals surface area contributed by atoms with Gasteiger partial charge in [-0.15, -0.1) is 0 Å². The fourth-order valence-corrected chi connectivity index (χ4v) is 1.42. The Bertz CT molecular complexity index is 352. The Balaban J connectivity index is 2.66. The molecule has 0 saturated carbocycles. The first-order chi connectivity index (χ1) is 7.67. The number of carbonyl (C=O) groups is 1. The van der Waals surface area contributed by atoms with Crippen LogP contribution in [0.5, 0.6) is 5.75 Å². The molecule has 0 aromatic heterocycles. The first-order valence-corrected chi connectivity index (χ1v) is 5.22. The number of hydrogen-bond donors (Lipinski definition) is 1. The molecule has 4 heteroatoms. The molecule has 0 aliphatic heterocycles. The Hall–Kier alpha value is -1.55. The molecule has 0 unspecified atom stereocenters. The molecule has 0 spiro atoms. The van der Waals surface area contributed by atoms with E-state index in [1.807, 2.05) is 31.2 Å². The Kier molecular flexibility index (Phi) is 4.79. The molecular formula is C12H17NO3. The molecule has 4 nitrogen and oxygen atoms in total. The molecule has 0 aliphatic rings. The molecular weight excluding hydrogens is 206 g/mol. The molecule has 1 rings (SSSR count). The van der Waals surface area contributed by atoms with Crippen LogP contribution in [0, 0.1) is 0 Å². The van der Waals surface area contributed by atoms with Crippen molar-refractivity contribution in [3.63, 3.8) is 0 Å². The third-order valence-electron chi connectivity index (χ3n) is 2.17. The number of hydrogen-bond acceptors (Lipinski definition) is 4. The van der Waals surface area contributed by atoms with Crippen LogP contribution in [0.25, 0.3) is 0 Å². The Morgan fingerprint density at radius 1 is 1.50 bits per heavy atom. The third-order valence-corrected chi connectivity index (χ3v) is 2.17. The summed E-state index contributed by atoms with van der Waals surface area (Å²) in [5, 5.41) is 0. The first-order valence-electron chi connectivity index (χ1n) is 5.22. The van der Waals surface area contributed by atoms with Crippen molar-refractivity contribution in [2.45, 2.75) is 19.4 Å². The van der Waals surface area contributed by atoms with Crippen molar-refractivity contribution in [1.29, 1.82) is 0 Å². The lowest BCUT2D eigenvalue weighted by Gasteiger charge is -2.10. The predicted molar refractivity (Wildman–Crippen MR) is 61.3 cm³/mol. The monoisotopic (exact) mass is 223 g/mol. The second-order valence-corrected chi connectivity index (χ2v) is 3.41. The summed E-state index contributed by atoms with van der Waals surface area (Å²) in [5.41, 5.74) is 6.63. The zero-order valence-corrected chi connectivity index (χ0v) is 9.60. The fourth-order valence-electron chi connectivity index (χ4n) is 1.42. The number of nitrogens with two attached hydrogens (primary N) is 1. The van der Waals surface area contributed by atoms with Crippen LogP contribution in [0.2, 0.25) is 0 Å². The van der Waals surface area contributed by atoms with E-state index < -0.39 is 12.0 Å². The Morgan fingerprint density at radius 2 is 2.25 bits per heavy atom. The lowest BCUT2D eigenvalue weighted by Crippen LogP contribution is -2.33. The van der Waals surface area contributed by atoms with Gasteiger partial charge < -0.3 is 15.2 Å². The lowest BCUT2D eigenvalue weighted by molar-refractivity contribution is -0.142. The highest BCUT2D eigenvalue weighted by molar-refractivity contribution is 5.75. The van der Waals surface area contributed by atoms with Gasteiger partial charge in [-0.1, -0.05) is 12.1 Å². The summed E-state index contributed by atoms with van der Waals surface area (Å²) >= 11 is 0. The van der Waals surface area contributed by atoms with E-state index in [0.717, 1.165) is 11.3 Å². The fraction of sp³-hybridized carbons (Fsp3) is 0.417. The van der Waals surface area contributed by atoms with Gasteiger partial charge in [0.1, 0.15) is 11.8 Å². The zero-order chi connectivity index (χ0) is 12.0. The number of rotatable bonds is 5. The van der Waals surface area contributed by atoms with Gasteiger partial charge >= 0.3 is 5.97 Å². The second kappa shape index (κ2) is 6.12. The average Bonchev–Trinajstić information content (AvgIpc) is 2.29. The smallest absolute Gasteiger partial charge is 0.322 e. The van der Waals surface area contributed by atoms with Crippen molar-refractivity contribution < 1.29 is 14.3 Å². The predicted octanol–water partition coefficient (Wildman–Crippen LogP) is 1.13. The maximum absolute atomic E-state index is 11.1. The van der Waals surface area contributed by atoms with Gasteiger partial charge in [-0.05, 0) is 31.0 Å². The van der Waals surface area contributed by atoms with Gasteiger partial charge in [0.25, 0.3) is 0 Å². The molecule has 0 saturated heterocycles. The van der Waals surface area contributed by atoms with E-state index in [1.54, 1.807) is 0 Å². The van der Waals surface area contributed by atoms with Crippen molar-refractivity contribution in [2.24, 2.45) is 5.73 Å². The lowest BCUT2D eigenvalue weighted by atomic mass is 10.1. The minimum Gasteiger partial charge on any atom is -0.494 e. The highest BCUT2D eigenvalue weighted by atomic mass is 16.5. The van der Waals surface area contributed by atoms with E-state index in [-0.39, 0.29) is 0 Å². The Labute approximate surface area is 95.3 Å². The minimum atomic E-state index is -0.623. The van der Waals surface area contributed by atoms with Crippen LogP contribution < -0.4 is 10.5 Å². The van der Waals surface area contributed by atoms with Gasteiger partial charge in [0.15, 0.2) is 0 Å². The van der Waals surface area contributed by atoms with Crippen molar-refractivity contribution >= 4 is 5.97 Å². The van der Waals surface area contributed by atoms with Crippen LogP contribution in [-0.4, -0.2) is 25.7 Å². The maximum Gasteiger partial charge on any atom is 0.322 e. The molecule has 0 fully saturated rings. The number of methoxy groups -OCH3 is 1. The second-order valence-electron chi connectivity index (χ2n) is 3.41. The van der Waals surface area contributed by atoms with E-state index >= 15 is 0 Å². The molecule has 0 bridgehead atoms. The molecule has 1 aromatic carbocycles. The minimum absolute atomic E-state index is 0.401. The van der Waals surface area contributed by atoms with Crippen molar-refractivity contribution in [1.82, 2.24) is 0 Å². The molecule has 1 atom stereocenters. The number of carbonyl (C=O) groups excluding carboxylic acids is 1. The van der Waals surface area contributed by atoms with Crippen LogP contribution in [0.15, 0.2) is 24.3 Å². The summed E-state index contributed by atoms with van der Waals surface area (Å²) in [6.07, 6.45) is 0.452. The van der Waals surface area contributed by atoms with Gasteiger partial charge in [0.2, 0.25) is 0 Å². The maximum atomic E-state index is 11.1. The quantitative estimate of drug-likeness (QED) is 0.760. The highest BCUT2D eigenvalue weighted by Gasteiger charge is 2.14. The normalized spacial score (nSPS) is 11.9. The standard InChI is InChI=1S/C12H17NO3/c1-3-16-10-6-4-5-9(7-10)8-11(13)12(14)15-2/h4-7,11H,3,8,13H2,1-2H3/t11-/m0/s1. The summed E-state index contributed by atoms with van der Waals surface area (Å²) in [4.78, 5) is 11.1. The van der Waals surface area contributed by atoms with Crippen LogP contribution in [0.4, 0.5) is 0 Å².